The average Bonchev–Trinajstić information content (AvgIpc) is 2.95. The van der Waals surface area contributed by atoms with Crippen LogP contribution < -0.4 is 15.5 Å². The summed E-state index contributed by atoms with van der Waals surface area (Å²) in [7, 11) is 0. The van der Waals surface area contributed by atoms with E-state index in [0.717, 1.165) is 18.7 Å². The van der Waals surface area contributed by atoms with Crippen LogP contribution in [0.15, 0.2) is 24.3 Å². The van der Waals surface area contributed by atoms with Crippen molar-refractivity contribution in [2.24, 2.45) is 0 Å². The van der Waals surface area contributed by atoms with Crippen molar-refractivity contribution in [1.82, 2.24) is 5.32 Å². The van der Waals surface area contributed by atoms with Crippen molar-refractivity contribution in [1.29, 1.82) is 0 Å². The highest BCUT2D eigenvalue weighted by Crippen LogP contribution is 2.29. The molecule has 6 nitrogen and oxygen atoms in total. The molecule has 0 aliphatic carbocycles. The molecule has 3 rings (SSSR count). The van der Waals surface area contributed by atoms with E-state index in [-0.39, 0.29) is 17.9 Å². The first kappa shape index (κ1) is 15.0. The molecule has 6 heteroatoms. The Morgan fingerprint density at radius 1 is 1.41 bits per heavy atom. The van der Waals surface area contributed by atoms with E-state index in [0.29, 0.717) is 38.2 Å². The minimum absolute atomic E-state index is 0.0886. The van der Waals surface area contributed by atoms with E-state index in [4.69, 9.17) is 4.74 Å². The SMILES string of the molecule is O=C(CC1CNCCO1)Nc1ccccc1N1CCCC1=O. The Bertz CT molecular complexity index is 555. The lowest BCUT2D eigenvalue weighted by Gasteiger charge is -2.24. The Hall–Kier alpha value is -1.92. The van der Waals surface area contributed by atoms with E-state index in [1.54, 1.807) is 4.90 Å². The molecule has 0 radical (unpaired) electrons. The second-order valence-corrected chi connectivity index (χ2v) is 5.62. The van der Waals surface area contributed by atoms with Gasteiger partial charge in [0.15, 0.2) is 0 Å². The summed E-state index contributed by atoms with van der Waals surface area (Å²) in [6.07, 6.45) is 1.66. The zero-order valence-electron chi connectivity index (χ0n) is 12.5. The molecule has 1 aromatic carbocycles. The Balaban J connectivity index is 1.66. The summed E-state index contributed by atoms with van der Waals surface area (Å²) >= 11 is 0. The summed E-state index contributed by atoms with van der Waals surface area (Å²) in [5.74, 6) is 0.0225. The van der Waals surface area contributed by atoms with E-state index in [1.165, 1.54) is 0 Å². The summed E-state index contributed by atoms with van der Waals surface area (Å²) in [4.78, 5) is 25.9. The van der Waals surface area contributed by atoms with Crippen molar-refractivity contribution in [3.63, 3.8) is 0 Å². The molecule has 2 heterocycles. The van der Waals surface area contributed by atoms with Crippen LogP contribution in [0.2, 0.25) is 0 Å². The summed E-state index contributed by atoms with van der Waals surface area (Å²) in [6, 6.07) is 7.44. The molecule has 2 N–H and O–H groups in total. The quantitative estimate of drug-likeness (QED) is 0.875. The predicted molar refractivity (Wildman–Crippen MR) is 83.9 cm³/mol. The first-order valence-corrected chi connectivity index (χ1v) is 7.75. The highest BCUT2D eigenvalue weighted by atomic mass is 16.5. The van der Waals surface area contributed by atoms with Gasteiger partial charge in [-0.25, -0.2) is 0 Å². The predicted octanol–water partition coefficient (Wildman–Crippen LogP) is 1.13. The molecule has 1 unspecified atom stereocenters. The number of anilines is 2. The van der Waals surface area contributed by atoms with Gasteiger partial charge in [-0.05, 0) is 18.6 Å². The molecule has 22 heavy (non-hydrogen) atoms. The number of para-hydroxylation sites is 2. The standard InChI is InChI=1S/C16H21N3O3/c20-15(10-12-11-17-7-9-22-12)18-13-4-1-2-5-14(13)19-8-3-6-16(19)21/h1-2,4-5,12,17H,3,6-11H2,(H,18,20). The second-order valence-electron chi connectivity index (χ2n) is 5.62. The average molecular weight is 303 g/mol. The third kappa shape index (κ3) is 3.45. The van der Waals surface area contributed by atoms with Gasteiger partial charge in [-0.3, -0.25) is 9.59 Å². The van der Waals surface area contributed by atoms with Gasteiger partial charge < -0.3 is 20.3 Å². The molecule has 2 fully saturated rings. The highest BCUT2D eigenvalue weighted by molar-refractivity contribution is 6.02. The van der Waals surface area contributed by atoms with Gasteiger partial charge in [0.25, 0.3) is 0 Å². The molecular formula is C16H21N3O3. The normalized spacial score (nSPS) is 21.9. The van der Waals surface area contributed by atoms with Crippen LogP contribution in [-0.2, 0) is 14.3 Å². The second kappa shape index (κ2) is 6.89. The number of carbonyl (C=O) groups excluding carboxylic acids is 2. The first-order valence-electron chi connectivity index (χ1n) is 7.75. The van der Waals surface area contributed by atoms with Gasteiger partial charge in [0.1, 0.15) is 0 Å². The fraction of sp³-hybridized carbons (Fsp3) is 0.500. The fourth-order valence-corrected chi connectivity index (χ4v) is 2.88. The van der Waals surface area contributed by atoms with Crippen LogP contribution in [0.3, 0.4) is 0 Å². The summed E-state index contributed by atoms with van der Waals surface area (Å²) < 4.78 is 5.55. The molecule has 2 amide bonds. The number of benzene rings is 1. The third-order valence-corrected chi connectivity index (χ3v) is 3.96. The molecule has 1 atom stereocenters. The molecule has 0 bridgehead atoms. The van der Waals surface area contributed by atoms with E-state index < -0.39 is 0 Å². The van der Waals surface area contributed by atoms with E-state index >= 15 is 0 Å². The monoisotopic (exact) mass is 303 g/mol. The number of hydrogen-bond acceptors (Lipinski definition) is 4. The van der Waals surface area contributed by atoms with Crippen LogP contribution in [0.25, 0.3) is 0 Å². The Morgan fingerprint density at radius 2 is 2.27 bits per heavy atom. The Labute approximate surface area is 129 Å². The van der Waals surface area contributed by atoms with Gasteiger partial charge in [-0.2, -0.15) is 0 Å². The van der Waals surface area contributed by atoms with Gasteiger partial charge >= 0.3 is 0 Å². The van der Waals surface area contributed by atoms with Crippen molar-refractivity contribution in [2.75, 3.05) is 36.5 Å². The van der Waals surface area contributed by atoms with Gasteiger partial charge in [0.05, 0.1) is 30.5 Å². The summed E-state index contributed by atoms with van der Waals surface area (Å²) in [6.45, 7) is 2.87. The molecule has 2 aliphatic heterocycles. The van der Waals surface area contributed by atoms with Crippen LogP contribution in [0.5, 0.6) is 0 Å². The minimum Gasteiger partial charge on any atom is -0.375 e. The molecule has 0 aromatic heterocycles. The highest BCUT2D eigenvalue weighted by Gasteiger charge is 2.24. The fourth-order valence-electron chi connectivity index (χ4n) is 2.88. The number of carbonyl (C=O) groups is 2. The van der Waals surface area contributed by atoms with Crippen LogP contribution in [0.4, 0.5) is 11.4 Å². The van der Waals surface area contributed by atoms with Gasteiger partial charge in [0, 0.05) is 26.1 Å². The van der Waals surface area contributed by atoms with E-state index in [1.807, 2.05) is 24.3 Å². The van der Waals surface area contributed by atoms with Gasteiger partial charge in [-0.1, -0.05) is 12.1 Å². The molecule has 0 saturated carbocycles. The number of nitrogens with one attached hydrogen (secondary N) is 2. The van der Waals surface area contributed by atoms with Crippen molar-refractivity contribution >= 4 is 23.2 Å². The largest absolute Gasteiger partial charge is 0.375 e. The number of rotatable bonds is 4. The number of ether oxygens (including phenoxy) is 1. The molecule has 2 saturated heterocycles. The maximum absolute atomic E-state index is 12.2. The summed E-state index contributed by atoms with van der Waals surface area (Å²) in [5.41, 5.74) is 1.47. The third-order valence-electron chi connectivity index (χ3n) is 3.96. The molecule has 0 spiro atoms. The smallest absolute Gasteiger partial charge is 0.227 e. The number of hydrogen-bond donors (Lipinski definition) is 2. The van der Waals surface area contributed by atoms with E-state index in [2.05, 4.69) is 10.6 Å². The minimum atomic E-state index is -0.0900. The molecule has 2 aliphatic rings. The Kier molecular flexibility index (Phi) is 4.70. The molecular weight excluding hydrogens is 282 g/mol. The van der Waals surface area contributed by atoms with Crippen molar-refractivity contribution < 1.29 is 14.3 Å². The lowest BCUT2D eigenvalue weighted by molar-refractivity contribution is -0.119. The molecule has 118 valence electrons. The first-order chi connectivity index (χ1) is 10.7. The van der Waals surface area contributed by atoms with Crippen molar-refractivity contribution in [3.05, 3.63) is 24.3 Å². The lowest BCUT2D eigenvalue weighted by Crippen LogP contribution is -2.40. The van der Waals surface area contributed by atoms with Crippen LogP contribution in [-0.4, -0.2) is 44.2 Å². The topological polar surface area (TPSA) is 70.7 Å². The number of nitrogens with zero attached hydrogens (tertiary/aromatic N) is 1. The van der Waals surface area contributed by atoms with Gasteiger partial charge in [-0.15, -0.1) is 0 Å². The lowest BCUT2D eigenvalue weighted by atomic mass is 10.2. The van der Waals surface area contributed by atoms with Crippen LogP contribution in [0, 0.1) is 0 Å². The maximum atomic E-state index is 12.2. The number of morpholine rings is 1. The van der Waals surface area contributed by atoms with Crippen molar-refractivity contribution in [3.8, 4) is 0 Å². The van der Waals surface area contributed by atoms with Crippen LogP contribution in [0.1, 0.15) is 19.3 Å². The Morgan fingerprint density at radius 3 is 3.00 bits per heavy atom. The zero-order valence-corrected chi connectivity index (χ0v) is 12.5. The van der Waals surface area contributed by atoms with Crippen molar-refractivity contribution in [2.45, 2.75) is 25.4 Å². The maximum Gasteiger partial charge on any atom is 0.227 e. The van der Waals surface area contributed by atoms with E-state index in [9.17, 15) is 9.59 Å². The molecule has 1 aromatic rings. The van der Waals surface area contributed by atoms with Crippen LogP contribution >= 0.6 is 0 Å². The summed E-state index contributed by atoms with van der Waals surface area (Å²) in [5, 5.41) is 6.12. The van der Waals surface area contributed by atoms with Gasteiger partial charge in [0.2, 0.25) is 11.8 Å². The number of amides is 2. The zero-order chi connectivity index (χ0) is 15.4.